The van der Waals surface area contributed by atoms with Crippen molar-refractivity contribution >= 4 is 65.4 Å². The second-order valence-electron chi connectivity index (χ2n) is 12.0. The van der Waals surface area contributed by atoms with E-state index >= 15 is 0 Å². The smallest absolute Gasteiger partial charge is 0.198 e. The lowest BCUT2D eigenvalue weighted by Gasteiger charge is -2.12. The summed E-state index contributed by atoms with van der Waals surface area (Å²) in [5.41, 5.74) is 8.15. The highest BCUT2D eigenvalue weighted by molar-refractivity contribution is 6.16. The zero-order valence-electron chi connectivity index (χ0n) is 25.2. The highest BCUT2D eigenvalue weighted by Crippen LogP contribution is 2.38. The highest BCUT2D eigenvalue weighted by atomic mass is 15.0. The van der Waals surface area contributed by atoms with Crippen LogP contribution in [0.25, 0.3) is 93.6 Å². The maximum absolute atomic E-state index is 4.96. The number of benzene rings is 7. The number of fused-ring (bicyclic) bond motifs is 7. The van der Waals surface area contributed by atoms with Crippen molar-refractivity contribution in [1.29, 1.82) is 0 Å². The van der Waals surface area contributed by atoms with Crippen LogP contribution in [0.1, 0.15) is 0 Å². The van der Waals surface area contributed by atoms with Crippen molar-refractivity contribution in [3.63, 3.8) is 0 Å². The Morgan fingerprint density at radius 2 is 0.872 bits per heavy atom. The first-order valence-corrected chi connectivity index (χ1v) is 15.7. The van der Waals surface area contributed by atoms with Crippen molar-refractivity contribution < 1.29 is 0 Å². The summed E-state index contributed by atoms with van der Waals surface area (Å²) >= 11 is 0. The third-order valence-electron chi connectivity index (χ3n) is 9.22. The molecule has 0 saturated carbocycles. The Hall–Kier alpha value is -6.46. The fraction of sp³-hybridized carbons (Fsp3) is 0. The minimum Gasteiger partial charge on any atom is -0.309 e. The van der Waals surface area contributed by atoms with Crippen molar-refractivity contribution in [2.24, 2.45) is 0 Å². The fourth-order valence-electron chi connectivity index (χ4n) is 6.98. The van der Waals surface area contributed by atoms with E-state index in [0.29, 0.717) is 11.3 Å². The molecule has 7 aromatic carbocycles. The minimum absolute atomic E-state index is 0.532. The Bertz CT molecular complexity index is 2760. The molecule has 5 heteroatoms. The van der Waals surface area contributed by atoms with Gasteiger partial charge in [0.2, 0.25) is 0 Å². The van der Waals surface area contributed by atoms with E-state index < -0.39 is 0 Å². The van der Waals surface area contributed by atoms with Gasteiger partial charge >= 0.3 is 0 Å². The maximum atomic E-state index is 4.96. The first-order valence-electron chi connectivity index (χ1n) is 15.7. The molecule has 218 valence electrons. The maximum Gasteiger partial charge on any atom is 0.198 e. The van der Waals surface area contributed by atoms with E-state index in [1.807, 2.05) is 18.2 Å². The van der Waals surface area contributed by atoms with Gasteiger partial charge in [-0.3, -0.25) is 0 Å². The van der Waals surface area contributed by atoms with E-state index in [1.165, 1.54) is 43.4 Å². The lowest BCUT2D eigenvalue weighted by atomic mass is 10.0. The molecule has 5 nitrogen and oxygen atoms in total. The molecule has 47 heavy (non-hydrogen) atoms. The molecule has 0 aliphatic rings. The van der Waals surface area contributed by atoms with Gasteiger partial charge in [-0.05, 0) is 74.8 Å². The monoisotopic (exact) mass is 599 g/mol. The van der Waals surface area contributed by atoms with E-state index in [1.54, 1.807) is 12.4 Å². The van der Waals surface area contributed by atoms with Crippen LogP contribution in [0.15, 0.2) is 152 Å². The first-order chi connectivity index (χ1) is 23.3. The molecule has 3 aromatic heterocycles. The van der Waals surface area contributed by atoms with Gasteiger partial charge in [0.15, 0.2) is 11.3 Å². The Morgan fingerprint density at radius 1 is 0.383 bits per heavy atom. The van der Waals surface area contributed by atoms with Crippen molar-refractivity contribution in [2.45, 2.75) is 0 Å². The zero-order chi connectivity index (χ0) is 30.9. The molecule has 0 atom stereocenters. The number of aromatic nitrogens is 5. The minimum atomic E-state index is 0.532. The molecular formula is C42H25N5. The van der Waals surface area contributed by atoms with Crippen LogP contribution in [0.4, 0.5) is 0 Å². The van der Waals surface area contributed by atoms with E-state index in [0.717, 1.165) is 39.0 Å². The van der Waals surface area contributed by atoms with E-state index in [-0.39, 0.29) is 0 Å². The van der Waals surface area contributed by atoms with Crippen molar-refractivity contribution in [1.82, 2.24) is 24.5 Å². The molecule has 0 aliphatic heterocycles. The van der Waals surface area contributed by atoms with Gasteiger partial charge in [-0.25, -0.2) is 19.9 Å². The Balaban J connectivity index is 1.18. The molecule has 0 unspecified atom stereocenters. The van der Waals surface area contributed by atoms with E-state index in [4.69, 9.17) is 9.97 Å². The Labute approximate surface area is 269 Å². The van der Waals surface area contributed by atoms with Gasteiger partial charge in [0.1, 0.15) is 0 Å². The summed E-state index contributed by atoms with van der Waals surface area (Å²) < 4.78 is 2.41. The molecule has 0 saturated heterocycles. The zero-order valence-corrected chi connectivity index (χ0v) is 25.2. The summed E-state index contributed by atoms with van der Waals surface area (Å²) in [5.74, 6) is 0. The average molecular weight is 600 g/mol. The largest absolute Gasteiger partial charge is 0.309 e. The van der Waals surface area contributed by atoms with E-state index in [2.05, 4.69) is 136 Å². The number of rotatable bonds is 3. The molecule has 3 heterocycles. The summed E-state index contributed by atoms with van der Waals surface area (Å²) in [5, 5.41) is 9.74. The molecule has 10 aromatic rings. The average Bonchev–Trinajstić information content (AvgIpc) is 3.44. The van der Waals surface area contributed by atoms with Crippen molar-refractivity contribution in [2.75, 3.05) is 0 Å². The molecule has 0 aliphatic carbocycles. The predicted molar refractivity (Wildman–Crippen MR) is 193 cm³/mol. The van der Waals surface area contributed by atoms with Gasteiger partial charge in [-0.15, -0.1) is 0 Å². The quantitative estimate of drug-likeness (QED) is 0.203. The van der Waals surface area contributed by atoms with Crippen LogP contribution in [0.5, 0.6) is 0 Å². The van der Waals surface area contributed by atoms with Crippen LogP contribution < -0.4 is 0 Å². The molecule has 0 fully saturated rings. The van der Waals surface area contributed by atoms with Crippen LogP contribution in [0, 0.1) is 0 Å². The summed E-state index contributed by atoms with van der Waals surface area (Å²) in [6.45, 7) is 0. The van der Waals surface area contributed by atoms with Crippen molar-refractivity contribution in [3.8, 4) is 28.2 Å². The molecule has 10 rings (SSSR count). The predicted octanol–water partition coefficient (Wildman–Crippen LogP) is 10.3. The molecule has 0 N–H and O–H groups in total. The van der Waals surface area contributed by atoms with Crippen molar-refractivity contribution in [3.05, 3.63) is 152 Å². The normalized spacial score (nSPS) is 11.8. The standard InChI is InChI=1S/C42H25N5/c1-2-8-26(9-3-1)39-40(46-42-41(45-39)43-18-19-44-42)33-15-14-32-21-34(17-16-31(32)20-33)47-37-24-29-12-6-4-10-27(29)22-35(37)36-23-28-11-5-7-13-30(28)25-38(36)47/h1-25H. The summed E-state index contributed by atoms with van der Waals surface area (Å²) in [4.78, 5) is 18.8. The van der Waals surface area contributed by atoms with Gasteiger partial charge in [0, 0.05) is 40.0 Å². The number of nitrogens with zero attached hydrogens (tertiary/aromatic N) is 5. The van der Waals surface area contributed by atoms with Crippen LogP contribution in [-0.4, -0.2) is 24.5 Å². The van der Waals surface area contributed by atoms with Crippen LogP contribution >= 0.6 is 0 Å². The van der Waals surface area contributed by atoms with Gasteiger partial charge in [-0.2, -0.15) is 0 Å². The first kappa shape index (κ1) is 25.8. The molecule has 0 bridgehead atoms. The second kappa shape index (κ2) is 10.0. The second-order valence-corrected chi connectivity index (χ2v) is 12.0. The fourth-order valence-corrected chi connectivity index (χ4v) is 6.98. The number of hydrogen-bond acceptors (Lipinski definition) is 4. The molecule has 0 amide bonds. The lowest BCUT2D eigenvalue weighted by molar-refractivity contribution is 1.16. The topological polar surface area (TPSA) is 56.5 Å². The van der Waals surface area contributed by atoms with E-state index in [9.17, 15) is 0 Å². The van der Waals surface area contributed by atoms with Crippen LogP contribution in [-0.2, 0) is 0 Å². The summed E-state index contributed by atoms with van der Waals surface area (Å²) in [6.07, 6.45) is 3.31. The van der Waals surface area contributed by atoms with Gasteiger partial charge in [-0.1, -0.05) is 97.1 Å². The lowest BCUT2D eigenvalue weighted by Crippen LogP contribution is -1.98. The molecule has 0 spiro atoms. The molecular weight excluding hydrogens is 574 g/mol. The van der Waals surface area contributed by atoms with Gasteiger partial charge < -0.3 is 4.57 Å². The molecule has 0 radical (unpaired) electrons. The van der Waals surface area contributed by atoms with Crippen LogP contribution in [0.2, 0.25) is 0 Å². The van der Waals surface area contributed by atoms with Crippen LogP contribution in [0.3, 0.4) is 0 Å². The number of hydrogen-bond donors (Lipinski definition) is 0. The highest BCUT2D eigenvalue weighted by Gasteiger charge is 2.17. The van der Waals surface area contributed by atoms with Gasteiger partial charge in [0.25, 0.3) is 0 Å². The Morgan fingerprint density at radius 3 is 1.49 bits per heavy atom. The van der Waals surface area contributed by atoms with Gasteiger partial charge in [0.05, 0.1) is 22.4 Å². The third kappa shape index (κ3) is 4.10. The summed E-state index contributed by atoms with van der Waals surface area (Å²) in [7, 11) is 0. The summed E-state index contributed by atoms with van der Waals surface area (Å²) in [6, 6.07) is 50.0. The Kier molecular flexibility index (Phi) is 5.51. The third-order valence-corrected chi connectivity index (χ3v) is 9.22. The SMILES string of the molecule is c1ccc(-c2nc3nccnc3nc2-c2ccc3cc(-n4c5cc6ccccc6cc5c5cc6ccccc6cc54)ccc3c2)cc1.